The lowest BCUT2D eigenvalue weighted by Gasteiger charge is -2.38. The van der Waals surface area contributed by atoms with Crippen LogP contribution in [0, 0.1) is 23.7 Å². The Balaban J connectivity index is 1.14. The molecule has 55 heavy (non-hydrogen) atoms. The number of carbonyl (C=O) groups is 4. The Kier molecular flexibility index (Phi) is 9.98. The van der Waals surface area contributed by atoms with Crippen molar-refractivity contribution in [3.8, 4) is 17.7 Å². The van der Waals surface area contributed by atoms with E-state index in [0.717, 1.165) is 50.5 Å². The third kappa shape index (κ3) is 7.62. The average molecular weight is 773 g/mol. The molecule has 3 fully saturated rings. The summed E-state index contributed by atoms with van der Waals surface area (Å²) in [6.45, 7) is 1.56. The molecule has 6 aliphatic rings. The second-order valence-electron chi connectivity index (χ2n) is 16.2. The summed E-state index contributed by atoms with van der Waals surface area (Å²) in [7, 11) is -4.06. The second kappa shape index (κ2) is 14.7. The number of nitrogens with one attached hydrogen (secondary N) is 3. The van der Waals surface area contributed by atoms with Gasteiger partial charge in [-0.2, -0.15) is 0 Å². The standard InChI is InChI=1S/C40H48N6O8S/c1-39(20-21-39)55(51,52)45-37(49)40-19-18-26(40)13-7-3-2-4-8-17-31-36(48)46-24-27(23-32(46)34(47)44-40)53-35-30(41-28-14-10-11-15-29(28)42-35)16-9-5-6-12-25-22-33(25)54-38(50)43-31/h7,10-11,13-15,25-27,31-33H,2-6,8-9,12,16-17,20-24H2,1H3,(H,43,50)(H,44,47)(H,45,49)/b13-7-/t25-,26-,27-,31+,32+,33-,40-/m1/s1. The number of rotatable bonds is 3. The third-order valence-electron chi connectivity index (χ3n) is 12.0. The highest BCUT2D eigenvalue weighted by molar-refractivity contribution is 7.91. The fraction of sp³-hybridized carbons (Fsp3) is 0.600. The highest BCUT2D eigenvalue weighted by Gasteiger charge is 2.56. The van der Waals surface area contributed by atoms with Crippen LogP contribution >= 0.6 is 0 Å². The van der Waals surface area contributed by atoms with Crippen LogP contribution in [0.25, 0.3) is 11.0 Å². The molecule has 292 valence electrons. The topological polar surface area (TPSA) is 186 Å². The van der Waals surface area contributed by atoms with Crippen LogP contribution < -0.4 is 20.1 Å². The average Bonchev–Trinajstić information content (AvgIpc) is 4.04. The molecule has 2 saturated carbocycles. The second-order valence-corrected chi connectivity index (χ2v) is 18.4. The highest BCUT2D eigenvalue weighted by atomic mass is 32.2. The SMILES string of the molecule is CC1(S(=O)(=O)NC(=O)[C@@]23C#C[C@H]2/C=C\CCCCC[C@@H]2NC(=O)O[C@@H]4C[C@H]4CCCCCc4nc5ccccc5nc4O[C@@H]4C[C@@H](C(=O)N3)N(C4)C2=O)CC1. The number of hydrogen-bond acceptors (Lipinski definition) is 10. The Labute approximate surface area is 321 Å². The first-order valence-corrected chi connectivity index (χ1v) is 21.2. The molecule has 1 saturated heterocycles. The summed E-state index contributed by atoms with van der Waals surface area (Å²) in [5.74, 6) is 3.44. The van der Waals surface area contributed by atoms with Crippen molar-refractivity contribution in [2.75, 3.05) is 6.54 Å². The zero-order chi connectivity index (χ0) is 38.4. The van der Waals surface area contributed by atoms with Gasteiger partial charge in [0.25, 0.3) is 5.91 Å². The number of carbonyl (C=O) groups excluding carboxylic acids is 4. The first-order chi connectivity index (χ1) is 26.4. The largest absolute Gasteiger partial charge is 0.471 e. The third-order valence-corrected chi connectivity index (χ3v) is 14.2. The van der Waals surface area contributed by atoms with Gasteiger partial charge in [0.2, 0.25) is 27.7 Å². The Morgan fingerprint density at radius 3 is 2.51 bits per heavy atom. The molecule has 4 heterocycles. The van der Waals surface area contributed by atoms with Gasteiger partial charge in [0.05, 0.1) is 28.2 Å². The van der Waals surface area contributed by atoms with Crippen LogP contribution in [0.4, 0.5) is 4.79 Å². The summed E-state index contributed by atoms with van der Waals surface area (Å²) < 4.78 is 39.9. The predicted octanol–water partition coefficient (Wildman–Crippen LogP) is 3.58. The molecule has 15 heteroatoms. The number of hydrogen-bond donors (Lipinski definition) is 3. The molecule has 3 N–H and O–H groups in total. The fourth-order valence-corrected chi connectivity index (χ4v) is 9.34. The molecule has 0 unspecified atom stereocenters. The van der Waals surface area contributed by atoms with Crippen molar-refractivity contribution in [3.05, 3.63) is 42.1 Å². The number of ether oxygens (including phenoxy) is 2. The van der Waals surface area contributed by atoms with Gasteiger partial charge < -0.3 is 25.0 Å². The minimum Gasteiger partial charge on any atom is -0.471 e. The lowest BCUT2D eigenvalue weighted by molar-refractivity contribution is -0.141. The molecule has 8 rings (SSSR count). The van der Waals surface area contributed by atoms with Gasteiger partial charge in [0.15, 0.2) is 5.54 Å². The summed E-state index contributed by atoms with van der Waals surface area (Å²) in [6.07, 6.45) is 11.2. The molecule has 3 bridgehead atoms. The van der Waals surface area contributed by atoms with E-state index < -0.39 is 68.2 Å². The fourth-order valence-electron chi connectivity index (χ4n) is 8.05. The van der Waals surface area contributed by atoms with Gasteiger partial charge in [-0.05, 0) is 82.8 Å². The molecular weight excluding hydrogens is 725 g/mol. The normalized spacial score (nSPS) is 32.6. The molecule has 14 nitrogen and oxygen atoms in total. The monoisotopic (exact) mass is 772 g/mol. The van der Waals surface area contributed by atoms with Crippen LogP contribution in [0.1, 0.15) is 96.1 Å². The van der Waals surface area contributed by atoms with Crippen LogP contribution in [-0.4, -0.2) is 88.2 Å². The maximum Gasteiger partial charge on any atom is 0.408 e. The van der Waals surface area contributed by atoms with Crippen molar-refractivity contribution in [2.24, 2.45) is 11.8 Å². The maximum atomic E-state index is 14.6. The summed E-state index contributed by atoms with van der Waals surface area (Å²) in [4.78, 5) is 67.5. The molecule has 7 atom stereocenters. The minimum atomic E-state index is -4.06. The van der Waals surface area contributed by atoms with Crippen molar-refractivity contribution < 1.29 is 37.1 Å². The quantitative estimate of drug-likeness (QED) is 0.308. The van der Waals surface area contributed by atoms with E-state index in [1.165, 1.54) is 4.90 Å². The molecule has 2 aromatic rings. The number of nitrogens with zero attached hydrogens (tertiary/aromatic N) is 3. The van der Waals surface area contributed by atoms with Crippen LogP contribution in [-0.2, 0) is 35.6 Å². The molecule has 4 amide bonds. The van der Waals surface area contributed by atoms with E-state index in [1.54, 1.807) is 13.0 Å². The van der Waals surface area contributed by atoms with Gasteiger partial charge in [0, 0.05) is 6.42 Å². The van der Waals surface area contributed by atoms with E-state index in [4.69, 9.17) is 19.4 Å². The number of amides is 4. The van der Waals surface area contributed by atoms with Crippen molar-refractivity contribution in [1.29, 1.82) is 0 Å². The van der Waals surface area contributed by atoms with Crippen molar-refractivity contribution in [1.82, 2.24) is 30.2 Å². The van der Waals surface area contributed by atoms with E-state index >= 15 is 0 Å². The zero-order valence-corrected chi connectivity index (χ0v) is 31.9. The van der Waals surface area contributed by atoms with E-state index in [1.807, 2.05) is 30.3 Å². The predicted molar refractivity (Wildman–Crippen MR) is 201 cm³/mol. The molecule has 0 spiro atoms. The summed E-state index contributed by atoms with van der Waals surface area (Å²) in [5, 5.41) is 5.63. The number of aryl methyl sites for hydroxylation is 1. The summed E-state index contributed by atoms with van der Waals surface area (Å²) in [5.41, 5.74) is 0.200. The van der Waals surface area contributed by atoms with E-state index in [2.05, 4.69) is 27.2 Å². The van der Waals surface area contributed by atoms with Gasteiger partial charge in [0.1, 0.15) is 30.0 Å². The van der Waals surface area contributed by atoms with E-state index in [-0.39, 0.29) is 25.0 Å². The van der Waals surface area contributed by atoms with Gasteiger partial charge in [-0.15, -0.1) is 0 Å². The minimum absolute atomic E-state index is 0.0102. The molecule has 3 aliphatic heterocycles. The van der Waals surface area contributed by atoms with Crippen LogP contribution in [0.5, 0.6) is 5.88 Å². The van der Waals surface area contributed by atoms with Crippen LogP contribution in [0.15, 0.2) is 36.4 Å². The maximum absolute atomic E-state index is 14.6. The molecule has 1 aromatic carbocycles. The number of aromatic nitrogens is 2. The van der Waals surface area contributed by atoms with Crippen molar-refractivity contribution in [3.63, 3.8) is 0 Å². The van der Waals surface area contributed by atoms with Gasteiger partial charge in [-0.1, -0.05) is 61.8 Å². The molecular formula is C40H48N6O8S. The number of alkyl carbamates (subject to hydrolysis) is 1. The number of fused-ring (bicyclic) bond motifs is 6. The highest BCUT2D eigenvalue weighted by Crippen LogP contribution is 2.43. The Morgan fingerprint density at radius 2 is 1.75 bits per heavy atom. The first kappa shape index (κ1) is 37.2. The molecule has 0 radical (unpaired) electrons. The van der Waals surface area contributed by atoms with Crippen molar-refractivity contribution in [2.45, 2.75) is 131 Å². The van der Waals surface area contributed by atoms with Gasteiger partial charge >= 0.3 is 6.09 Å². The molecule has 1 aromatic heterocycles. The Hall–Kier alpha value is -4.71. The van der Waals surface area contributed by atoms with Crippen LogP contribution in [0.2, 0.25) is 0 Å². The van der Waals surface area contributed by atoms with Crippen molar-refractivity contribution >= 4 is 44.9 Å². The summed E-state index contributed by atoms with van der Waals surface area (Å²) >= 11 is 0. The van der Waals surface area contributed by atoms with E-state index in [9.17, 15) is 27.6 Å². The van der Waals surface area contributed by atoms with E-state index in [0.29, 0.717) is 55.6 Å². The lowest BCUT2D eigenvalue weighted by atomic mass is 9.75. The number of sulfonamides is 1. The number of para-hydroxylation sites is 2. The molecule has 3 aliphatic carbocycles. The Morgan fingerprint density at radius 1 is 0.982 bits per heavy atom. The van der Waals surface area contributed by atoms with Crippen LogP contribution in [0.3, 0.4) is 0 Å². The smallest absolute Gasteiger partial charge is 0.408 e. The summed E-state index contributed by atoms with van der Waals surface area (Å²) in [6, 6.07) is 5.41. The zero-order valence-electron chi connectivity index (χ0n) is 31.1. The van der Waals surface area contributed by atoms with Gasteiger partial charge in [-0.3, -0.25) is 14.4 Å². The lowest BCUT2D eigenvalue weighted by Crippen LogP contribution is -2.68. The van der Waals surface area contributed by atoms with Gasteiger partial charge in [-0.25, -0.2) is 27.9 Å². The Bertz CT molecular complexity index is 2090. The number of benzene rings is 1. The number of allylic oxidation sites excluding steroid dienone is 1. The first-order valence-electron chi connectivity index (χ1n) is 19.7.